The highest BCUT2D eigenvalue weighted by molar-refractivity contribution is 9.10. The summed E-state index contributed by atoms with van der Waals surface area (Å²) in [5.74, 6) is 1.62. The fourth-order valence-corrected chi connectivity index (χ4v) is 3.41. The van der Waals surface area contributed by atoms with E-state index in [1.54, 1.807) is 0 Å². The molecule has 2 nitrogen and oxygen atoms in total. The third-order valence-corrected chi connectivity index (χ3v) is 4.92. The number of benzene rings is 3. The summed E-state index contributed by atoms with van der Waals surface area (Å²) in [5.41, 5.74) is 4.69. The van der Waals surface area contributed by atoms with Gasteiger partial charge in [0.1, 0.15) is 11.5 Å². The van der Waals surface area contributed by atoms with Gasteiger partial charge < -0.3 is 4.42 Å². The summed E-state index contributed by atoms with van der Waals surface area (Å²) in [6.45, 7) is 0. The quantitative estimate of drug-likeness (QED) is 0.375. The van der Waals surface area contributed by atoms with E-state index in [4.69, 9.17) is 9.68 Å². The van der Waals surface area contributed by atoms with Crippen molar-refractivity contribution in [2.75, 3.05) is 0 Å². The van der Waals surface area contributed by atoms with Gasteiger partial charge in [0.05, 0.1) is 11.6 Å². The largest absolute Gasteiger partial charge is 0.455 e. The molecule has 0 fully saturated rings. The van der Waals surface area contributed by atoms with Gasteiger partial charge in [-0.2, -0.15) is 5.26 Å². The predicted octanol–water partition coefficient (Wildman–Crippen LogP) is 6.91. The molecule has 0 N–H and O–H groups in total. The van der Waals surface area contributed by atoms with Crippen molar-refractivity contribution < 1.29 is 4.42 Å². The molecular formula is C23H14BrNO. The molecule has 4 rings (SSSR count). The van der Waals surface area contributed by atoms with Crippen LogP contribution >= 0.6 is 15.9 Å². The lowest BCUT2D eigenvalue weighted by Gasteiger charge is -2.03. The molecule has 1 heterocycles. The molecule has 1 aromatic heterocycles. The summed E-state index contributed by atoms with van der Waals surface area (Å²) >= 11 is 3.60. The maximum absolute atomic E-state index is 9.04. The van der Waals surface area contributed by atoms with Gasteiger partial charge in [0, 0.05) is 21.2 Å². The zero-order chi connectivity index (χ0) is 17.9. The SMILES string of the molecule is N#Cc1ccc(-c2cc(-c3ccccc3Br)oc2-c2ccccc2)cc1. The third-order valence-electron chi connectivity index (χ3n) is 4.23. The average molecular weight is 400 g/mol. The molecular weight excluding hydrogens is 386 g/mol. The molecule has 0 atom stereocenters. The molecule has 3 heteroatoms. The fourth-order valence-electron chi connectivity index (χ4n) is 2.93. The smallest absolute Gasteiger partial charge is 0.142 e. The molecule has 0 aliphatic heterocycles. The molecule has 124 valence electrons. The number of furan rings is 1. The first-order chi connectivity index (χ1) is 12.8. The van der Waals surface area contributed by atoms with Crippen molar-refractivity contribution in [1.82, 2.24) is 0 Å². The zero-order valence-corrected chi connectivity index (χ0v) is 15.4. The van der Waals surface area contributed by atoms with Gasteiger partial charge in [-0.1, -0.05) is 76.6 Å². The molecule has 26 heavy (non-hydrogen) atoms. The highest BCUT2D eigenvalue weighted by atomic mass is 79.9. The van der Waals surface area contributed by atoms with Crippen molar-refractivity contribution >= 4 is 15.9 Å². The van der Waals surface area contributed by atoms with Crippen LogP contribution in [-0.2, 0) is 0 Å². The number of rotatable bonds is 3. The standard InChI is InChI=1S/C23H14BrNO/c24-21-9-5-4-8-19(21)22-14-20(17-12-10-16(15-25)11-13-17)23(26-22)18-6-2-1-3-7-18/h1-14H. The van der Waals surface area contributed by atoms with Gasteiger partial charge in [-0.3, -0.25) is 0 Å². The van der Waals surface area contributed by atoms with E-state index < -0.39 is 0 Å². The van der Waals surface area contributed by atoms with Crippen molar-refractivity contribution in [3.8, 4) is 39.8 Å². The van der Waals surface area contributed by atoms with Crippen molar-refractivity contribution in [1.29, 1.82) is 5.26 Å². The average Bonchev–Trinajstić information content (AvgIpc) is 3.14. The fraction of sp³-hybridized carbons (Fsp3) is 0. The van der Waals surface area contributed by atoms with E-state index in [1.165, 1.54) is 0 Å². The van der Waals surface area contributed by atoms with E-state index in [9.17, 15) is 0 Å². The van der Waals surface area contributed by atoms with E-state index in [1.807, 2.05) is 78.9 Å². The van der Waals surface area contributed by atoms with Crippen LogP contribution in [0.1, 0.15) is 5.56 Å². The number of nitriles is 1. The maximum Gasteiger partial charge on any atom is 0.142 e. The summed E-state index contributed by atoms with van der Waals surface area (Å²) in [7, 11) is 0. The molecule has 0 spiro atoms. The first-order valence-corrected chi connectivity index (χ1v) is 9.00. The Morgan fingerprint density at radius 3 is 2.12 bits per heavy atom. The summed E-state index contributed by atoms with van der Waals surface area (Å²) in [6, 6.07) is 29.9. The van der Waals surface area contributed by atoms with Gasteiger partial charge in [-0.05, 0) is 29.8 Å². The Kier molecular flexibility index (Phi) is 4.43. The summed E-state index contributed by atoms with van der Waals surface area (Å²) in [5, 5.41) is 9.04. The Hall–Kier alpha value is -3.09. The van der Waals surface area contributed by atoms with Crippen LogP contribution in [0.5, 0.6) is 0 Å². The molecule has 0 amide bonds. The Morgan fingerprint density at radius 2 is 1.42 bits per heavy atom. The molecule has 0 bridgehead atoms. The van der Waals surface area contributed by atoms with Crippen LogP contribution < -0.4 is 0 Å². The first kappa shape index (κ1) is 16.4. The second-order valence-corrected chi connectivity index (χ2v) is 6.74. The number of hydrogen-bond acceptors (Lipinski definition) is 2. The van der Waals surface area contributed by atoms with Crippen LogP contribution in [0.25, 0.3) is 33.8 Å². The van der Waals surface area contributed by atoms with Gasteiger partial charge in [-0.15, -0.1) is 0 Å². The highest BCUT2D eigenvalue weighted by Gasteiger charge is 2.17. The number of halogens is 1. The molecule has 4 aromatic rings. The lowest BCUT2D eigenvalue weighted by Crippen LogP contribution is -1.81. The molecule has 3 aromatic carbocycles. The van der Waals surface area contributed by atoms with Crippen molar-refractivity contribution in [2.24, 2.45) is 0 Å². The van der Waals surface area contributed by atoms with Crippen LogP contribution in [0.4, 0.5) is 0 Å². The normalized spacial score (nSPS) is 10.5. The maximum atomic E-state index is 9.04. The predicted molar refractivity (Wildman–Crippen MR) is 107 cm³/mol. The molecule has 0 radical (unpaired) electrons. The Morgan fingerprint density at radius 1 is 0.731 bits per heavy atom. The van der Waals surface area contributed by atoms with Crippen LogP contribution in [0.15, 0.2) is 93.8 Å². The van der Waals surface area contributed by atoms with Gasteiger partial charge in [0.15, 0.2) is 0 Å². The van der Waals surface area contributed by atoms with E-state index in [0.717, 1.165) is 38.2 Å². The van der Waals surface area contributed by atoms with Crippen molar-refractivity contribution in [2.45, 2.75) is 0 Å². The van der Waals surface area contributed by atoms with E-state index >= 15 is 0 Å². The van der Waals surface area contributed by atoms with Crippen molar-refractivity contribution in [3.05, 3.63) is 95.0 Å². The molecule has 0 aliphatic rings. The van der Waals surface area contributed by atoms with Gasteiger partial charge in [-0.25, -0.2) is 0 Å². The van der Waals surface area contributed by atoms with Crippen LogP contribution in [0.3, 0.4) is 0 Å². The highest BCUT2D eigenvalue weighted by Crippen LogP contribution is 2.40. The summed E-state index contributed by atoms with van der Waals surface area (Å²) in [4.78, 5) is 0. The Balaban J connectivity index is 1.91. The second-order valence-electron chi connectivity index (χ2n) is 5.89. The minimum Gasteiger partial charge on any atom is -0.455 e. The summed E-state index contributed by atoms with van der Waals surface area (Å²) in [6.07, 6.45) is 0. The number of hydrogen-bond donors (Lipinski definition) is 0. The minimum atomic E-state index is 0.643. The van der Waals surface area contributed by atoms with E-state index in [-0.39, 0.29) is 0 Å². The third kappa shape index (κ3) is 3.08. The Bertz CT molecular complexity index is 1090. The van der Waals surface area contributed by atoms with Gasteiger partial charge in [0.2, 0.25) is 0 Å². The minimum absolute atomic E-state index is 0.643. The lowest BCUT2D eigenvalue weighted by molar-refractivity contribution is 0.598. The first-order valence-electron chi connectivity index (χ1n) is 8.21. The lowest BCUT2D eigenvalue weighted by atomic mass is 10.0. The Labute approximate surface area is 160 Å². The molecule has 0 saturated carbocycles. The second kappa shape index (κ2) is 7.03. The topological polar surface area (TPSA) is 36.9 Å². The molecule has 0 unspecified atom stereocenters. The van der Waals surface area contributed by atoms with Crippen molar-refractivity contribution in [3.63, 3.8) is 0 Å². The summed E-state index contributed by atoms with van der Waals surface area (Å²) < 4.78 is 7.27. The molecule has 0 saturated heterocycles. The van der Waals surface area contributed by atoms with E-state index in [0.29, 0.717) is 5.56 Å². The number of nitrogens with zero attached hydrogens (tertiary/aromatic N) is 1. The van der Waals surface area contributed by atoms with Crippen LogP contribution in [0, 0.1) is 11.3 Å². The monoisotopic (exact) mass is 399 g/mol. The van der Waals surface area contributed by atoms with Gasteiger partial charge in [0.25, 0.3) is 0 Å². The zero-order valence-electron chi connectivity index (χ0n) is 13.8. The van der Waals surface area contributed by atoms with E-state index in [2.05, 4.69) is 28.1 Å². The molecule has 0 aliphatic carbocycles. The van der Waals surface area contributed by atoms with Crippen LogP contribution in [-0.4, -0.2) is 0 Å². The van der Waals surface area contributed by atoms with Crippen LogP contribution in [0.2, 0.25) is 0 Å². The van der Waals surface area contributed by atoms with Gasteiger partial charge >= 0.3 is 0 Å².